The quantitative estimate of drug-likeness (QED) is 0.405. The molecule has 13 heavy (non-hydrogen) atoms. The molecule has 0 saturated carbocycles. The molecule has 0 spiro atoms. The Kier molecular flexibility index (Phi) is 5.41. The topological polar surface area (TPSA) is 46.5 Å². The summed E-state index contributed by atoms with van der Waals surface area (Å²) >= 11 is 0. The van der Waals surface area contributed by atoms with E-state index in [1.807, 2.05) is 0 Å². The molecule has 0 aromatic carbocycles. The van der Waals surface area contributed by atoms with Gasteiger partial charge in [-0.25, -0.2) is 0 Å². The van der Waals surface area contributed by atoms with E-state index in [1.54, 1.807) is 0 Å². The second-order valence-electron chi connectivity index (χ2n) is 2.40. The zero-order valence-corrected chi connectivity index (χ0v) is 8.24. The van der Waals surface area contributed by atoms with Gasteiger partial charge in [-0.1, -0.05) is 12.2 Å². The van der Waals surface area contributed by atoms with Crippen molar-refractivity contribution in [2.24, 2.45) is 0 Å². The number of allylic oxidation sites excluding steroid dienone is 1. The number of hydrogen-bond acceptors (Lipinski definition) is 2. The Labute approximate surface area is 78.6 Å². The first kappa shape index (κ1) is 12.2. The highest BCUT2D eigenvalue weighted by molar-refractivity contribution is 7.53. The van der Waals surface area contributed by atoms with E-state index in [0.29, 0.717) is 0 Å². The highest BCUT2D eigenvalue weighted by atomic mass is 31.2. The van der Waals surface area contributed by atoms with Crippen LogP contribution < -0.4 is 0 Å². The van der Waals surface area contributed by atoms with Crippen molar-refractivity contribution >= 4 is 7.60 Å². The molecule has 0 fully saturated rings. The molecule has 4 heteroatoms. The molecule has 1 N–H and O–H groups in total. The molecular formula is C9H13O3P. The van der Waals surface area contributed by atoms with Gasteiger partial charge in [0.1, 0.15) is 0 Å². The van der Waals surface area contributed by atoms with Gasteiger partial charge < -0.3 is 4.89 Å². The number of hydrogen-bond donors (Lipinski definition) is 1. The highest BCUT2D eigenvalue weighted by Gasteiger charge is 2.20. The summed E-state index contributed by atoms with van der Waals surface area (Å²) in [7, 11) is -3.58. The summed E-state index contributed by atoms with van der Waals surface area (Å²) in [5, 5.41) is 0. The first-order valence-electron chi connectivity index (χ1n) is 3.73. The van der Waals surface area contributed by atoms with Crippen LogP contribution in [0, 0.1) is 12.3 Å². The molecule has 0 rings (SSSR count). The van der Waals surface area contributed by atoms with Gasteiger partial charge in [0.2, 0.25) is 0 Å². The maximum absolute atomic E-state index is 11.2. The maximum Gasteiger partial charge on any atom is 0.332 e. The summed E-state index contributed by atoms with van der Waals surface area (Å²) in [6, 6.07) is 0. The second-order valence-corrected chi connectivity index (χ2v) is 4.25. The van der Waals surface area contributed by atoms with E-state index in [2.05, 4.69) is 19.1 Å². The molecular weight excluding hydrogens is 187 g/mol. The molecule has 0 amide bonds. The van der Waals surface area contributed by atoms with Gasteiger partial charge in [0.25, 0.3) is 0 Å². The molecule has 2 unspecified atom stereocenters. The van der Waals surface area contributed by atoms with Crippen LogP contribution in [0.15, 0.2) is 25.3 Å². The van der Waals surface area contributed by atoms with Crippen LogP contribution in [0.1, 0.15) is 6.42 Å². The summed E-state index contributed by atoms with van der Waals surface area (Å²) in [4.78, 5) is 9.19. The second kappa shape index (κ2) is 5.77. The minimum atomic E-state index is -3.58. The van der Waals surface area contributed by atoms with Gasteiger partial charge in [-0.2, -0.15) is 0 Å². The lowest BCUT2D eigenvalue weighted by atomic mass is 10.3. The lowest BCUT2D eigenvalue weighted by Crippen LogP contribution is -2.07. The van der Waals surface area contributed by atoms with Crippen LogP contribution in [0.3, 0.4) is 0 Å². The van der Waals surface area contributed by atoms with Crippen molar-refractivity contribution < 1.29 is 14.0 Å². The molecule has 2 atom stereocenters. The molecule has 0 aromatic heterocycles. The normalized spacial score (nSPS) is 16.6. The zero-order valence-electron chi connectivity index (χ0n) is 7.35. The maximum atomic E-state index is 11.2. The largest absolute Gasteiger partial charge is 0.332 e. The Hall–Kier alpha value is -0.810. The van der Waals surface area contributed by atoms with Crippen molar-refractivity contribution in [1.29, 1.82) is 0 Å². The molecule has 0 radical (unpaired) electrons. The van der Waals surface area contributed by atoms with Crippen LogP contribution in [0.25, 0.3) is 0 Å². The smallest absolute Gasteiger partial charge is 0.324 e. The summed E-state index contributed by atoms with van der Waals surface area (Å²) < 4.78 is 16.1. The zero-order chi connectivity index (χ0) is 10.3. The third-order valence-electron chi connectivity index (χ3n) is 1.24. The van der Waals surface area contributed by atoms with Crippen LogP contribution in [0.2, 0.25) is 0 Å². The Morgan fingerprint density at radius 3 is 2.69 bits per heavy atom. The summed E-state index contributed by atoms with van der Waals surface area (Å²) in [5.41, 5.74) is 0. The van der Waals surface area contributed by atoms with Crippen molar-refractivity contribution in [3.8, 4) is 12.3 Å². The van der Waals surface area contributed by atoms with E-state index in [-0.39, 0.29) is 12.6 Å². The first-order chi connectivity index (χ1) is 6.05. The third-order valence-corrected chi connectivity index (χ3v) is 2.56. The molecule has 72 valence electrons. The van der Waals surface area contributed by atoms with E-state index < -0.39 is 13.7 Å². The Balaban J connectivity index is 4.22. The monoisotopic (exact) mass is 200 g/mol. The van der Waals surface area contributed by atoms with Gasteiger partial charge in [0.05, 0.1) is 12.3 Å². The standard InChI is InChI=1S/C9H13O3P/c1-4-7-9(6-3)12-13(10,11)8-5-2/h1,5-6,9H,2-3,7-8H2,(H,10,11). The van der Waals surface area contributed by atoms with Crippen molar-refractivity contribution in [3.63, 3.8) is 0 Å². The highest BCUT2D eigenvalue weighted by Crippen LogP contribution is 2.43. The molecule has 0 bridgehead atoms. The predicted molar refractivity (Wildman–Crippen MR) is 53.4 cm³/mol. The Bertz CT molecular complexity index is 265. The average molecular weight is 200 g/mol. The summed E-state index contributed by atoms with van der Waals surface area (Å²) in [6.07, 6.45) is 7.36. The van der Waals surface area contributed by atoms with Crippen LogP contribution in [-0.4, -0.2) is 17.2 Å². The van der Waals surface area contributed by atoms with Gasteiger partial charge >= 0.3 is 7.60 Å². The first-order valence-corrected chi connectivity index (χ1v) is 5.49. The fraction of sp³-hybridized carbons (Fsp3) is 0.333. The Morgan fingerprint density at radius 1 is 1.69 bits per heavy atom. The molecule has 0 aliphatic heterocycles. The van der Waals surface area contributed by atoms with Crippen molar-refractivity contribution in [1.82, 2.24) is 0 Å². The van der Waals surface area contributed by atoms with E-state index in [4.69, 9.17) is 10.9 Å². The van der Waals surface area contributed by atoms with Crippen LogP contribution >= 0.6 is 7.60 Å². The minimum absolute atomic E-state index is 0.0814. The predicted octanol–water partition coefficient (Wildman–Crippen LogP) is 1.95. The average Bonchev–Trinajstić information content (AvgIpc) is 2.03. The third kappa shape index (κ3) is 5.43. The van der Waals surface area contributed by atoms with Crippen molar-refractivity contribution in [3.05, 3.63) is 25.3 Å². The van der Waals surface area contributed by atoms with Gasteiger partial charge in [-0.15, -0.1) is 25.5 Å². The number of terminal acetylenes is 1. The van der Waals surface area contributed by atoms with Gasteiger partial charge in [0, 0.05) is 6.42 Å². The molecule has 0 saturated heterocycles. The van der Waals surface area contributed by atoms with Crippen LogP contribution in [0.5, 0.6) is 0 Å². The van der Waals surface area contributed by atoms with Crippen LogP contribution in [0.4, 0.5) is 0 Å². The van der Waals surface area contributed by atoms with Gasteiger partial charge in [0.15, 0.2) is 0 Å². The van der Waals surface area contributed by atoms with E-state index in [0.717, 1.165) is 0 Å². The molecule has 0 heterocycles. The van der Waals surface area contributed by atoms with E-state index in [9.17, 15) is 9.46 Å². The van der Waals surface area contributed by atoms with Gasteiger partial charge in [-0.3, -0.25) is 9.09 Å². The summed E-state index contributed by atoms with van der Waals surface area (Å²) in [5.74, 6) is 2.33. The minimum Gasteiger partial charge on any atom is -0.324 e. The lowest BCUT2D eigenvalue weighted by Gasteiger charge is -2.15. The SMILES string of the molecule is C#CCC(C=C)OP(=O)(O)CC=C. The molecule has 0 aliphatic rings. The van der Waals surface area contributed by atoms with E-state index >= 15 is 0 Å². The molecule has 0 aromatic rings. The fourth-order valence-corrected chi connectivity index (χ4v) is 1.69. The fourth-order valence-electron chi connectivity index (χ4n) is 0.698. The van der Waals surface area contributed by atoms with Crippen molar-refractivity contribution in [2.45, 2.75) is 12.5 Å². The Morgan fingerprint density at radius 2 is 2.31 bits per heavy atom. The number of rotatable bonds is 6. The molecule has 0 aliphatic carbocycles. The van der Waals surface area contributed by atoms with Gasteiger partial charge in [-0.05, 0) is 0 Å². The summed E-state index contributed by atoms with van der Waals surface area (Å²) in [6.45, 7) is 6.79. The van der Waals surface area contributed by atoms with Crippen molar-refractivity contribution in [2.75, 3.05) is 6.16 Å². The lowest BCUT2D eigenvalue weighted by molar-refractivity contribution is 0.217. The van der Waals surface area contributed by atoms with Crippen LogP contribution in [-0.2, 0) is 9.09 Å². The van der Waals surface area contributed by atoms with E-state index in [1.165, 1.54) is 12.2 Å². The molecule has 3 nitrogen and oxygen atoms in total.